The Morgan fingerprint density at radius 3 is 2.59 bits per heavy atom. The number of amides is 1. The van der Waals surface area contributed by atoms with E-state index in [1.54, 1.807) is 5.40 Å². The zero-order chi connectivity index (χ0) is 13.1. The Morgan fingerprint density at radius 2 is 2.12 bits per heavy atom. The van der Waals surface area contributed by atoms with Crippen molar-refractivity contribution in [3.63, 3.8) is 0 Å². The Hall–Kier alpha value is -1.68. The summed E-state index contributed by atoms with van der Waals surface area (Å²) in [6, 6.07) is 3.28. The number of rotatable bonds is 2. The van der Waals surface area contributed by atoms with E-state index in [4.69, 9.17) is 5.26 Å². The van der Waals surface area contributed by atoms with Gasteiger partial charge in [-0.1, -0.05) is 0 Å². The van der Waals surface area contributed by atoms with Gasteiger partial charge in [-0.25, -0.2) is 0 Å². The summed E-state index contributed by atoms with van der Waals surface area (Å²) in [6.45, 7) is 1.20. The molecule has 1 aromatic rings. The van der Waals surface area contributed by atoms with Gasteiger partial charge in [0.2, 0.25) is 5.91 Å². The minimum Gasteiger partial charge on any atom is -0.326 e. The van der Waals surface area contributed by atoms with E-state index < -0.39 is 17.6 Å². The van der Waals surface area contributed by atoms with E-state index in [-0.39, 0.29) is 10.6 Å². The predicted octanol–water partition coefficient (Wildman–Crippen LogP) is 3.24. The van der Waals surface area contributed by atoms with Gasteiger partial charge in [0, 0.05) is 17.5 Å². The average molecular weight is 260 g/mol. The van der Waals surface area contributed by atoms with E-state index in [2.05, 4.69) is 5.32 Å². The molecular formula is C10H7F3N2OS. The SMILES string of the molecule is CC(=O)Nc1ccc(SC#N)c(C(F)(F)F)c1. The molecule has 0 aromatic heterocycles. The number of alkyl halides is 3. The number of carbonyl (C=O) groups excluding carboxylic acids is 1. The molecule has 1 aromatic carbocycles. The Bertz CT molecular complexity index is 479. The number of nitrogens with zero attached hydrogens (tertiary/aromatic N) is 1. The van der Waals surface area contributed by atoms with Gasteiger partial charge in [-0.2, -0.15) is 18.4 Å². The number of halogens is 3. The van der Waals surface area contributed by atoms with E-state index in [1.165, 1.54) is 13.0 Å². The van der Waals surface area contributed by atoms with Crippen molar-refractivity contribution < 1.29 is 18.0 Å². The molecular weight excluding hydrogens is 253 g/mol. The number of hydrogen-bond acceptors (Lipinski definition) is 3. The maximum Gasteiger partial charge on any atom is 0.417 e. The monoisotopic (exact) mass is 260 g/mol. The van der Waals surface area contributed by atoms with Crippen molar-refractivity contribution >= 4 is 23.4 Å². The molecule has 0 heterocycles. The topological polar surface area (TPSA) is 52.9 Å². The van der Waals surface area contributed by atoms with Crippen LogP contribution in [0.25, 0.3) is 0 Å². The lowest BCUT2D eigenvalue weighted by molar-refractivity contribution is -0.139. The highest BCUT2D eigenvalue weighted by Gasteiger charge is 2.34. The van der Waals surface area contributed by atoms with Crippen molar-refractivity contribution in [3.05, 3.63) is 23.8 Å². The maximum absolute atomic E-state index is 12.7. The van der Waals surface area contributed by atoms with Crippen molar-refractivity contribution in [2.45, 2.75) is 18.0 Å². The molecule has 7 heteroatoms. The van der Waals surface area contributed by atoms with Crippen LogP contribution in [0.4, 0.5) is 18.9 Å². The number of nitriles is 1. The number of thiocyanates is 1. The molecule has 90 valence electrons. The van der Waals surface area contributed by atoms with Crippen LogP contribution in [0, 0.1) is 10.7 Å². The molecule has 0 aliphatic carbocycles. The molecule has 3 nitrogen and oxygen atoms in total. The van der Waals surface area contributed by atoms with Crippen LogP contribution in [-0.2, 0) is 11.0 Å². The first-order chi connectivity index (χ1) is 7.84. The third-order valence-corrected chi connectivity index (χ3v) is 2.43. The Labute approximate surface area is 99.6 Å². The summed E-state index contributed by atoms with van der Waals surface area (Å²) in [7, 11) is 0. The lowest BCUT2D eigenvalue weighted by Crippen LogP contribution is -2.10. The van der Waals surface area contributed by atoms with Gasteiger partial charge in [0.1, 0.15) is 5.40 Å². The average Bonchev–Trinajstić information content (AvgIpc) is 2.18. The highest BCUT2D eigenvalue weighted by atomic mass is 32.2. The lowest BCUT2D eigenvalue weighted by Gasteiger charge is -2.12. The Morgan fingerprint density at radius 1 is 1.47 bits per heavy atom. The van der Waals surface area contributed by atoms with Crippen LogP contribution in [0.5, 0.6) is 0 Å². The molecule has 0 radical (unpaired) electrons. The molecule has 0 atom stereocenters. The van der Waals surface area contributed by atoms with Gasteiger partial charge in [0.25, 0.3) is 0 Å². The second kappa shape index (κ2) is 5.10. The van der Waals surface area contributed by atoms with E-state index in [9.17, 15) is 18.0 Å². The van der Waals surface area contributed by atoms with Crippen molar-refractivity contribution in [3.8, 4) is 5.40 Å². The Kier molecular flexibility index (Phi) is 4.02. The number of carbonyl (C=O) groups is 1. The molecule has 1 amide bonds. The standard InChI is InChI=1S/C10H7F3N2OS/c1-6(16)15-7-2-3-9(17-5-14)8(4-7)10(11,12)13/h2-4H,1H3,(H,15,16). The number of thioether (sulfide) groups is 1. The summed E-state index contributed by atoms with van der Waals surface area (Å²) >= 11 is 0.429. The van der Waals surface area contributed by atoms with Gasteiger partial charge >= 0.3 is 6.18 Å². The smallest absolute Gasteiger partial charge is 0.326 e. The summed E-state index contributed by atoms with van der Waals surface area (Å²) in [5.41, 5.74) is -0.887. The van der Waals surface area contributed by atoms with Gasteiger partial charge < -0.3 is 5.32 Å². The van der Waals surface area contributed by atoms with Gasteiger partial charge in [-0.15, -0.1) is 0 Å². The number of benzene rings is 1. The quantitative estimate of drug-likeness (QED) is 0.656. The van der Waals surface area contributed by atoms with Gasteiger partial charge in [0.05, 0.1) is 5.56 Å². The normalized spacial score (nSPS) is 10.8. The fourth-order valence-electron chi connectivity index (χ4n) is 1.17. The van der Waals surface area contributed by atoms with Crippen LogP contribution < -0.4 is 5.32 Å². The van der Waals surface area contributed by atoms with E-state index >= 15 is 0 Å². The molecule has 1 N–H and O–H groups in total. The molecule has 0 unspecified atom stereocenters. The van der Waals surface area contributed by atoms with Crippen LogP contribution in [0.2, 0.25) is 0 Å². The molecule has 0 saturated carbocycles. The molecule has 0 aliphatic heterocycles. The number of nitrogens with one attached hydrogen (secondary N) is 1. The summed E-state index contributed by atoms with van der Waals surface area (Å²) in [5.74, 6) is -0.459. The predicted molar refractivity (Wildman–Crippen MR) is 57.2 cm³/mol. The van der Waals surface area contributed by atoms with Crippen molar-refractivity contribution in [2.75, 3.05) is 5.32 Å². The highest BCUT2D eigenvalue weighted by Crippen LogP contribution is 2.37. The zero-order valence-electron chi connectivity index (χ0n) is 8.63. The first-order valence-corrected chi connectivity index (χ1v) is 5.21. The van der Waals surface area contributed by atoms with Gasteiger partial charge in [-0.3, -0.25) is 4.79 Å². The molecule has 0 aliphatic rings. The fourth-order valence-corrected chi connectivity index (χ4v) is 1.69. The molecule has 17 heavy (non-hydrogen) atoms. The fraction of sp³-hybridized carbons (Fsp3) is 0.200. The minimum absolute atomic E-state index is 0.0483. The van der Waals surface area contributed by atoms with Crippen molar-refractivity contribution in [2.24, 2.45) is 0 Å². The second-order valence-corrected chi connectivity index (χ2v) is 3.91. The summed E-state index contributed by atoms with van der Waals surface area (Å²) in [6.07, 6.45) is -4.56. The third kappa shape index (κ3) is 3.67. The molecule has 1 rings (SSSR count). The van der Waals surface area contributed by atoms with Crippen molar-refractivity contribution in [1.29, 1.82) is 5.26 Å². The zero-order valence-corrected chi connectivity index (χ0v) is 9.45. The second-order valence-electron chi connectivity index (χ2n) is 3.08. The van der Waals surface area contributed by atoms with E-state index in [0.29, 0.717) is 11.8 Å². The lowest BCUT2D eigenvalue weighted by atomic mass is 10.2. The van der Waals surface area contributed by atoms with Gasteiger partial charge in [0.15, 0.2) is 0 Å². The van der Waals surface area contributed by atoms with Crippen LogP contribution in [0.1, 0.15) is 12.5 Å². The van der Waals surface area contributed by atoms with Crippen LogP contribution in [0.15, 0.2) is 23.1 Å². The number of hydrogen-bond donors (Lipinski definition) is 1. The first-order valence-electron chi connectivity index (χ1n) is 4.39. The molecule has 0 bridgehead atoms. The third-order valence-electron chi connectivity index (χ3n) is 1.76. The summed E-state index contributed by atoms with van der Waals surface area (Å²) in [5, 5.41) is 12.2. The van der Waals surface area contributed by atoms with E-state index in [1.807, 2.05) is 0 Å². The minimum atomic E-state index is -4.56. The molecule has 0 saturated heterocycles. The number of anilines is 1. The summed E-state index contributed by atoms with van der Waals surface area (Å²) < 4.78 is 38.0. The summed E-state index contributed by atoms with van der Waals surface area (Å²) in [4.78, 5) is 10.5. The molecule has 0 spiro atoms. The van der Waals surface area contributed by atoms with Crippen LogP contribution in [-0.4, -0.2) is 5.91 Å². The highest BCUT2D eigenvalue weighted by molar-refractivity contribution is 8.03. The van der Waals surface area contributed by atoms with E-state index in [0.717, 1.165) is 12.1 Å². The molecule has 0 fully saturated rings. The van der Waals surface area contributed by atoms with Crippen molar-refractivity contribution in [1.82, 2.24) is 0 Å². The Balaban J connectivity index is 3.20. The van der Waals surface area contributed by atoms with Crippen LogP contribution >= 0.6 is 11.8 Å². The van der Waals surface area contributed by atoms with Crippen LogP contribution in [0.3, 0.4) is 0 Å². The van der Waals surface area contributed by atoms with Gasteiger partial charge in [-0.05, 0) is 30.0 Å². The first kappa shape index (κ1) is 13.4. The maximum atomic E-state index is 12.7. The largest absolute Gasteiger partial charge is 0.417 e.